The molecule has 0 aromatic carbocycles. The van der Waals surface area contributed by atoms with Crippen molar-refractivity contribution in [3.63, 3.8) is 0 Å². The van der Waals surface area contributed by atoms with Crippen LogP contribution in [0.5, 0.6) is 0 Å². The lowest BCUT2D eigenvalue weighted by Gasteiger charge is -2.30. The number of hydrogen-bond donors (Lipinski definition) is 1. The van der Waals surface area contributed by atoms with Crippen LogP contribution in [0.2, 0.25) is 0 Å². The van der Waals surface area contributed by atoms with Gasteiger partial charge in [0.05, 0.1) is 6.07 Å². The van der Waals surface area contributed by atoms with E-state index >= 15 is 0 Å². The minimum atomic E-state index is -0.458. The maximum Gasteiger partial charge on any atom is 0.229 e. The van der Waals surface area contributed by atoms with Gasteiger partial charge in [-0.25, -0.2) is 0 Å². The van der Waals surface area contributed by atoms with Crippen LogP contribution in [0.4, 0.5) is 0 Å². The Morgan fingerprint density at radius 1 is 1.42 bits per heavy atom. The Morgan fingerprint density at radius 3 is 2.68 bits per heavy atom. The van der Waals surface area contributed by atoms with Crippen molar-refractivity contribution >= 4 is 11.8 Å². The molecule has 1 aliphatic heterocycles. The van der Waals surface area contributed by atoms with Gasteiger partial charge >= 0.3 is 0 Å². The molecule has 0 bridgehead atoms. The zero-order valence-corrected chi connectivity index (χ0v) is 11.4. The van der Waals surface area contributed by atoms with E-state index in [2.05, 4.69) is 11.4 Å². The molecule has 5 heteroatoms. The number of carbonyl (C=O) groups excluding carboxylic acids is 2. The van der Waals surface area contributed by atoms with Crippen molar-refractivity contribution in [2.75, 3.05) is 13.1 Å². The second-order valence-electron chi connectivity index (χ2n) is 5.43. The number of likely N-dealkylation sites (tertiary alicyclic amines) is 1. The van der Waals surface area contributed by atoms with Crippen molar-refractivity contribution < 1.29 is 9.59 Å². The summed E-state index contributed by atoms with van der Waals surface area (Å²) in [6, 6.07) is 2.43. The molecule has 1 aliphatic carbocycles. The van der Waals surface area contributed by atoms with Crippen molar-refractivity contribution in [2.45, 2.75) is 51.0 Å². The Bertz CT molecular complexity index is 399. The summed E-state index contributed by atoms with van der Waals surface area (Å²) in [6.07, 6.45) is 4.33. The van der Waals surface area contributed by atoms with Crippen LogP contribution in [0.25, 0.3) is 0 Å². The van der Waals surface area contributed by atoms with Gasteiger partial charge in [-0.1, -0.05) is 13.3 Å². The fourth-order valence-electron chi connectivity index (χ4n) is 3.36. The summed E-state index contributed by atoms with van der Waals surface area (Å²) < 4.78 is 0. The fraction of sp³-hybridized carbons (Fsp3) is 0.786. The number of imide groups is 1. The van der Waals surface area contributed by atoms with Gasteiger partial charge in [0, 0.05) is 19.4 Å². The average molecular weight is 263 g/mol. The predicted octanol–water partition coefficient (Wildman–Crippen LogP) is 1.20. The highest BCUT2D eigenvalue weighted by atomic mass is 16.2. The van der Waals surface area contributed by atoms with Crippen LogP contribution < -0.4 is 5.32 Å². The first-order valence-electron chi connectivity index (χ1n) is 7.12. The van der Waals surface area contributed by atoms with E-state index in [-0.39, 0.29) is 17.7 Å². The van der Waals surface area contributed by atoms with Gasteiger partial charge in [0.25, 0.3) is 0 Å². The van der Waals surface area contributed by atoms with Crippen molar-refractivity contribution in [2.24, 2.45) is 5.92 Å². The highest BCUT2D eigenvalue weighted by Gasteiger charge is 2.43. The summed E-state index contributed by atoms with van der Waals surface area (Å²) in [7, 11) is 0. The van der Waals surface area contributed by atoms with E-state index in [1.807, 2.05) is 6.92 Å². The topological polar surface area (TPSA) is 73.2 Å². The van der Waals surface area contributed by atoms with Gasteiger partial charge in [-0.05, 0) is 31.7 Å². The van der Waals surface area contributed by atoms with Gasteiger partial charge < -0.3 is 0 Å². The number of amides is 2. The van der Waals surface area contributed by atoms with Crippen LogP contribution >= 0.6 is 0 Å². The summed E-state index contributed by atoms with van der Waals surface area (Å²) in [6.45, 7) is 3.24. The maximum absolute atomic E-state index is 11.6. The highest BCUT2D eigenvalue weighted by molar-refractivity contribution is 6.01. The molecule has 1 N–H and O–H groups in total. The molecule has 1 saturated carbocycles. The largest absolute Gasteiger partial charge is 0.299 e. The minimum absolute atomic E-state index is 0.0611. The molecule has 0 aromatic heterocycles. The van der Waals surface area contributed by atoms with Crippen LogP contribution in [0.1, 0.15) is 45.4 Å². The first-order valence-corrected chi connectivity index (χ1v) is 7.12. The third kappa shape index (κ3) is 2.64. The molecule has 2 fully saturated rings. The average Bonchev–Trinajstić information content (AvgIpc) is 2.93. The van der Waals surface area contributed by atoms with E-state index in [1.165, 1.54) is 4.90 Å². The Hall–Kier alpha value is -1.41. The summed E-state index contributed by atoms with van der Waals surface area (Å²) in [5, 5.41) is 12.8. The van der Waals surface area contributed by atoms with Crippen LogP contribution in [0.15, 0.2) is 0 Å². The Balaban J connectivity index is 1.97. The quantitative estimate of drug-likeness (QED) is 0.756. The normalized spacial score (nSPS) is 30.9. The van der Waals surface area contributed by atoms with Crippen molar-refractivity contribution in [1.29, 1.82) is 5.26 Å². The Kier molecular flexibility index (Phi) is 4.20. The predicted molar refractivity (Wildman–Crippen MR) is 69.9 cm³/mol. The highest BCUT2D eigenvalue weighted by Crippen LogP contribution is 2.37. The van der Waals surface area contributed by atoms with Crippen LogP contribution in [0, 0.1) is 17.2 Å². The zero-order chi connectivity index (χ0) is 13.9. The molecule has 104 valence electrons. The lowest BCUT2D eigenvalue weighted by Crippen LogP contribution is -2.48. The number of nitrogens with one attached hydrogen (secondary N) is 1. The van der Waals surface area contributed by atoms with E-state index in [0.29, 0.717) is 19.4 Å². The first kappa shape index (κ1) is 14.0. The number of nitrogens with zero attached hydrogens (tertiary/aromatic N) is 2. The standard InChI is InChI=1S/C14H21N3O2/c1-2-16-14(10-15)8-3-4-11(14)7-9-17-12(18)5-6-13(17)19/h11,16H,2-9H2,1H3. The Labute approximate surface area is 113 Å². The maximum atomic E-state index is 11.6. The summed E-state index contributed by atoms with van der Waals surface area (Å²) >= 11 is 0. The molecule has 2 atom stereocenters. The van der Waals surface area contributed by atoms with E-state index in [0.717, 1.165) is 32.2 Å². The van der Waals surface area contributed by atoms with E-state index in [4.69, 9.17) is 0 Å². The molecule has 2 aliphatic rings. The van der Waals surface area contributed by atoms with Crippen molar-refractivity contribution in [3.8, 4) is 6.07 Å². The monoisotopic (exact) mass is 263 g/mol. The number of nitriles is 1. The lowest BCUT2D eigenvalue weighted by atomic mass is 9.85. The molecule has 2 unspecified atom stereocenters. The van der Waals surface area contributed by atoms with Crippen LogP contribution in [0.3, 0.4) is 0 Å². The minimum Gasteiger partial charge on any atom is -0.299 e. The van der Waals surface area contributed by atoms with Crippen LogP contribution in [-0.4, -0.2) is 35.3 Å². The molecule has 2 amide bonds. The summed E-state index contributed by atoms with van der Waals surface area (Å²) in [4.78, 5) is 24.5. The molecular weight excluding hydrogens is 242 g/mol. The molecule has 5 nitrogen and oxygen atoms in total. The lowest BCUT2D eigenvalue weighted by molar-refractivity contribution is -0.138. The first-order chi connectivity index (χ1) is 9.13. The fourth-order valence-corrected chi connectivity index (χ4v) is 3.36. The third-order valence-corrected chi connectivity index (χ3v) is 4.37. The van der Waals surface area contributed by atoms with E-state index in [1.54, 1.807) is 0 Å². The van der Waals surface area contributed by atoms with Gasteiger partial charge in [0.1, 0.15) is 5.54 Å². The zero-order valence-electron chi connectivity index (χ0n) is 11.4. The van der Waals surface area contributed by atoms with E-state index in [9.17, 15) is 14.9 Å². The second-order valence-corrected chi connectivity index (χ2v) is 5.43. The summed E-state index contributed by atoms with van der Waals surface area (Å²) in [5.74, 6) is 0.113. The van der Waals surface area contributed by atoms with Crippen molar-refractivity contribution in [1.82, 2.24) is 10.2 Å². The number of rotatable bonds is 5. The molecule has 0 radical (unpaired) electrons. The molecular formula is C14H21N3O2. The van der Waals surface area contributed by atoms with Crippen LogP contribution in [-0.2, 0) is 9.59 Å². The number of hydrogen-bond acceptors (Lipinski definition) is 4. The number of carbonyl (C=O) groups is 2. The van der Waals surface area contributed by atoms with Gasteiger partial charge in [-0.3, -0.25) is 19.8 Å². The molecule has 19 heavy (non-hydrogen) atoms. The molecule has 1 saturated heterocycles. The molecule has 2 rings (SSSR count). The smallest absolute Gasteiger partial charge is 0.229 e. The van der Waals surface area contributed by atoms with Gasteiger partial charge in [-0.15, -0.1) is 0 Å². The van der Waals surface area contributed by atoms with Gasteiger partial charge in [-0.2, -0.15) is 5.26 Å². The van der Waals surface area contributed by atoms with Gasteiger partial charge in [0.15, 0.2) is 0 Å². The second kappa shape index (κ2) is 5.70. The molecule has 1 heterocycles. The molecule has 0 spiro atoms. The van der Waals surface area contributed by atoms with Gasteiger partial charge in [0.2, 0.25) is 11.8 Å². The van der Waals surface area contributed by atoms with Crippen molar-refractivity contribution in [3.05, 3.63) is 0 Å². The van der Waals surface area contributed by atoms with E-state index < -0.39 is 5.54 Å². The summed E-state index contributed by atoms with van der Waals surface area (Å²) in [5.41, 5.74) is -0.458. The third-order valence-electron chi connectivity index (χ3n) is 4.37. The Morgan fingerprint density at radius 2 is 2.11 bits per heavy atom. The molecule has 0 aromatic rings. The SMILES string of the molecule is CCNC1(C#N)CCCC1CCN1C(=O)CCC1=O.